The van der Waals surface area contributed by atoms with Crippen molar-refractivity contribution in [2.45, 2.75) is 257 Å². The lowest BCUT2D eigenvalue weighted by Gasteiger charge is -2.21. The van der Waals surface area contributed by atoms with Crippen molar-refractivity contribution in [1.29, 1.82) is 0 Å². The van der Waals surface area contributed by atoms with Gasteiger partial charge in [-0.15, -0.1) is 0 Å². The van der Waals surface area contributed by atoms with Crippen LogP contribution in [0.4, 0.5) is 0 Å². The first-order chi connectivity index (χ1) is 48.2. The lowest BCUT2D eigenvalue weighted by molar-refractivity contribution is -0.161. The molecule has 5 atom stereocenters. The summed E-state index contributed by atoms with van der Waals surface area (Å²) in [6, 6.07) is 0. The van der Waals surface area contributed by atoms with Crippen LogP contribution in [0, 0.1) is 0 Å². The zero-order valence-electron chi connectivity index (χ0n) is 60.6. The molecule has 5 unspecified atom stereocenters. The number of carbonyl (C=O) groups is 3. The highest BCUT2D eigenvalue weighted by atomic mass is 31.2. The number of hydrogen-bond acceptors (Lipinski definition) is 14. The summed E-state index contributed by atoms with van der Waals surface area (Å²) in [5, 5.41) is 20.6. The third-order valence-electron chi connectivity index (χ3n) is 14.3. The number of ether oxygens (including phenoxy) is 3. The summed E-state index contributed by atoms with van der Waals surface area (Å²) in [6.45, 7) is 2.23. The van der Waals surface area contributed by atoms with E-state index in [1.807, 2.05) is 18.2 Å². The molecule has 0 heterocycles. The minimum atomic E-state index is -4.97. The van der Waals surface area contributed by atoms with E-state index in [4.69, 9.17) is 32.3 Å². The number of phosphoric ester groups is 2. The number of rotatable bonds is 67. The summed E-state index contributed by atoms with van der Waals surface area (Å²) in [5.74, 6) is -1.74. The highest BCUT2D eigenvalue weighted by Crippen LogP contribution is 2.45. The van der Waals surface area contributed by atoms with Crippen molar-refractivity contribution in [1.82, 2.24) is 0 Å². The standard InChI is InChI=1S/C81H128O16P2/c1-4-7-10-13-16-19-22-25-28-31-34-36-37-39-42-43-46-49-52-55-58-61-64-67-79(84)91-70-76(82)71-93-98(87,88)94-72-77(83)73-95-99(89,90)96-75-78(97-81(86)69-66-63-60-57-54-51-48-45-40-33-30-27-24-21-18-15-12-9-6-3)74-92-80(85)68-65-62-59-56-53-50-47-44-41-38-35-32-29-26-23-20-17-14-11-8-5-2/h7,9-10,12,16-21,25-30,34-36,38-40,42,44-47,49,51,54,60,63,76-78,82-83H,4-6,8,11,13-15,22-24,31-33,37,41,43,48,50,52-53,55-59,61-62,64-75H2,1-3H3,(H,87,88)(H,89,90)/b10-7-,12-9-,19-16-,20-17-,21-18-,28-25-,29-26-,30-27-,36-34-,38-35-,42-39-,45-40-,47-44-,49-46-,54-51-,63-60-. The molecule has 0 aliphatic rings. The van der Waals surface area contributed by atoms with Crippen LogP contribution < -0.4 is 0 Å². The number of esters is 3. The molecule has 0 bridgehead atoms. The molecule has 0 aromatic heterocycles. The molecule has 16 nitrogen and oxygen atoms in total. The van der Waals surface area contributed by atoms with E-state index in [0.29, 0.717) is 25.7 Å². The Bertz CT molecular complexity index is 2580. The van der Waals surface area contributed by atoms with Gasteiger partial charge in [0.25, 0.3) is 0 Å². The van der Waals surface area contributed by atoms with Gasteiger partial charge in [-0.2, -0.15) is 0 Å². The summed E-state index contributed by atoms with van der Waals surface area (Å²) in [4.78, 5) is 58.5. The van der Waals surface area contributed by atoms with Crippen molar-refractivity contribution in [3.05, 3.63) is 194 Å². The van der Waals surface area contributed by atoms with Gasteiger partial charge in [0.2, 0.25) is 0 Å². The van der Waals surface area contributed by atoms with Gasteiger partial charge in [-0.25, -0.2) is 9.13 Å². The SMILES string of the molecule is CC/C=C\C/C=C\C/C=C\C/C=C\C/C=C\C/C=C\CCCCCCC(=O)OCC(O)COP(=O)(O)OCC(O)COP(=O)(O)OCC(COC(=O)CCCCCCC/C=C\C/C=C\C/C=C\C/C=C\CCCCC)OC(=O)CC/C=C\C/C=C\C/C=C\C/C=C\C/C=C\C/C=C\CC. The van der Waals surface area contributed by atoms with Crippen LogP contribution in [0.15, 0.2) is 194 Å². The minimum Gasteiger partial charge on any atom is -0.463 e. The Balaban J connectivity index is 4.83. The molecular weight excluding hydrogens is 1290 g/mol. The predicted octanol–water partition coefficient (Wildman–Crippen LogP) is 21.2. The van der Waals surface area contributed by atoms with Crippen LogP contribution in [0.25, 0.3) is 0 Å². The molecule has 0 aliphatic heterocycles. The monoisotopic (exact) mass is 1420 g/mol. The highest BCUT2D eigenvalue weighted by molar-refractivity contribution is 7.47. The zero-order chi connectivity index (χ0) is 72.3. The number of unbranched alkanes of at least 4 members (excludes halogenated alkanes) is 12. The topological polar surface area (TPSA) is 231 Å². The molecule has 18 heteroatoms. The van der Waals surface area contributed by atoms with Crippen molar-refractivity contribution in [3.63, 3.8) is 0 Å². The summed E-state index contributed by atoms with van der Waals surface area (Å²) in [7, 11) is -9.85. The zero-order valence-corrected chi connectivity index (χ0v) is 62.4. The largest absolute Gasteiger partial charge is 0.472 e. The van der Waals surface area contributed by atoms with Gasteiger partial charge < -0.3 is 34.2 Å². The quantitative estimate of drug-likeness (QED) is 0.0146. The Kier molecular flexibility index (Phi) is 68.1. The molecule has 0 aromatic carbocycles. The van der Waals surface area contributed by atoms with Crippen LogP contribution in [0.5, 0.6) is 0 Å². The fourth-order valence-corrected chi connectivity index (χ4v) is 10.3. The summed E-state index contributed by atoms with van der Waals surface area (Å²) >= 11 is 0. The van der Waals surface area contributed by atoms with E-state index in [9.17, 15) is 43.5 Å². The third kappa shape index (κ3) is 73.4. The smallest absolute Gasteiger partial charge is 0.463 e. The molecule has 558 valence electrons. The lowest BCUT2D eigenvalue weighted by Crippen LogP contribution is -2.29. The number of allylic oxidation sites excluding steroid dienone is 32. The Morgan fingerprint density at radius 1 is 0.293 bits per heavy atom. The van der Waals surface area contributed by atoms with Gasteiger partial charge in [0.15, 0.2) is 6.10 Å². The second-order valence-electron chi connectivity index (χ2n) is 23.6. The molecule has 99 heavy (non-hydrogen) atoms. The first-order valence-electron chi connectivity index (χ1n) is 36.7. The number of carbonyl (C=O) groups excluding carboxylic acids is 3. The summed E-state index contributed by atoms with van der Waals surface area (Å²) < 4.78 is 60.9. The summed E-state index contributed by atoms with van der Waals surface area (Å²) in [6.07, 6.45) is 93.4. The van der Waals surface area contributed by atoms with Crippen molar-refractivity contribution < 1.29 is 75.8 Å². The third-order valence-corrected chi connectivity index (χ3v) is 16.2. The van der Waals surface area contributed by atoms with Gasteiger partial charge in [-0.05, 0) is 154 Å². The number of hydrogen-bond donors (Lipinski definition) is 4. The molecule has 0 fully saturated rings. The van der Waals surface area contributed by atoms with Gasteiger partial charge in [-0.1, -0.05) is 260 Å². The minimum absolute atomic E-state index is 0.0343. The number of phosphoric acid groups is 2. The first-order valence-corrected chi connectivity index (χ1v) is 39.7. The second kappa shape index (κ2) is 72.2. The van der Waals surface area contributed by atoms with Crippen molar-refractivity contribution in [2.75, 3.05) is 39.6 Å². The van der Waals surface area contributed by atoms with Crippen molar-refractivity contribution >= 4 is 33.6 Å². The Morgan fingerprint density at radius 3 is 0.889 bits per heavy atom. The fraction of sp³-hybridized carbons (Fsp3) is 0.568. The maximum Gasteiger partial charge on any atom is 0.472 e. The maximum atomic E-state index is 12.9. The molecule has 0 aromatic rings. The van der Waals surface area contributed by atoms with Gasteiger partial charge >= 0.3 is 33.6 Å². The predicted molar refractivity (Wildman–Crippen MR) is 408 cm³/mol. The van der Waals surface area contributed by atoms with Gasteiger partial charge in [0.1, 0.15) is 25.4 Å². The maximum absolute atomic E-state index is 12.9. The summed E-state index contributed by atoms with van der Waals surface area (Å²) in [5.41, 5.74) is 0. The van der Waals surface area contributed by atoms with Crippen molar-refractivity contribution in [2.24, 2.45) is 0 Å². The van der Waals surface area contributed by atoms with E-state index in [0.717, 1.165) is 154 Å². The Morgan fingerprint density at radius 2 is 0.556 bits per heavy atom. The molecule has 0 radical (unpaired) electrons. The van der Waals surface area contributed by atoms with E-state index < -0.39 is 91.5 Å². The van der Waals surface area contributed by atoms with Gasteiger partial charge in [0, 0.05) is 19.3 Å². The molecule has 0 saturated carbocycles. The lowest BCUT2D eigenvalue weighted by atomic mass is 10.1. The van der Waals surface area contributed by atoms with E-state index in [1.165, 1.54) is 19.3 Å². The van der Waals surface area contributed by atoms with E-state index in [-0.39, 0.29) is 19.3 Å². The molecule has 4 N–H and O–H groups in total. The Hall–Kier alpha value is -5.61. The highest BCUT2D eigenvalue weighted by Gasteiger charge is 2.29. The van der Waals surface area contributed by atoms with Crippen LogP contribution in [0.2, 0.25) is 0 Å². The molecule has 0 aliphatic carbocycles. The van der Waals surface area contributed by atoms with E-state index >= 15 is 0 Å². The van der Waals surface area contributed by atoms with Crippen molar-refractivity contribution in [3.8, 4) is 0 Å². The second-order valence-corrected chi connectivity index (χ2v) is 26.5. The average molecular weight is 1420 g/mol. The Labute approximate surface area is 597 Å². The number of aliphatic hydroxyl groups excluding tert-OH is 2. The molecule has 0 spiro atoms. The number of aliphatic hydroxyl groups is 2. The van der Waals surface area contributed by atoms with E-state index in [1.54, 1.807) is 0 Å². The van der Waals surface area contributed by atoms with Gasteiger partial charge in [0.05, 0.1) is 26.4 Å². The fourth-order valence-electron chi connectivity index (χ4n) is 8.76. The van der Waals surface area contributed by atoms with Crippen LogP contribution in [-0.2, 0) is 55.8 Å². The van der Waals surface area contributed by atoms with E-state index in [2.05, 4.69) is 197 Å². The normalized spacial score (nSPS) is 15.2. The van der Waals surface area contributed by atoms with Crippen LogP contribution in [0.1, 0.15) is 239 Å². The first kappa shape index (κ1) is 93.4. The van der Waals surface area contributed by atoms with Crippen LogP contribution in [-0.4, -0.2) is 95.9 Å². The molecule has 0 amide bonds. The van der Waals surface area contributed by atoms with Crippen LogP contribution in [0.3, 0.4) is 0 Å². The average Bonchev–Trinajstić information content (AvgIpc) is 2.30. The molecule has 0 saturated heterocycles. The van der Waals surface area contributed by atoms with Crippen LogP contribution >= 0.6 is 15.6 Å². The molecule has 0 rings (SSSR count). The molecular formula is C81H128O16P2. The van der Waals surface area contributed by atoms with Gasteiger partial charge in [-0.3, -0.25) is 32.5 Å².